The molecule has 25 heavy (non-hydrogen) atoms. The van der Waals surface area contributed by atoms with Crippen LogP contribution < -0.4 is 14.2 Å². The summed E-state index contributed by atoms with van der Waals surface area (Å²) < 4.78 is 16.3. The van der Waals surface area contributed by atoms with E-state index in [1.165, 1.54) is 5.56 Å². The summed E-state index contributed by atoms with van der Waals surface area (Å²) in [5, 5.41) is 0.643. The van der Waals surface area contributed by atoms with Crippen molar-refractivity contribution in [2.45, 2.75) is 12.3 Å². The highest BCUT2D eigenvalue weighted by Gasteiger charge is 2.28. The van der Waals surface area contributed by atoms with Gasteiger partial charge >= 0.3 is 0 Å². The Hall–Kier alpha value is -2.40. The molecule has 2 aliphatic heterocycles. The summed E-state index contributed by atoms with van der Waals surface area (Å²) >= 11 is 5.84. The molecule has 0 N–H and O–H groups in total. The Kier molecular flexibility index (Phi) is 4.40. The van der Waals surface area contributed by atoms with Gasteiger partial charge in [0.1, 0.15) is 5.75 Å². The van der Waals surface area contributed by atoms with Gasteiger partial charge in [-0.15, -0.1) is 0 Å². The summed E-state index contributed by atoms with van der Waals surface area (Å²) in [5.41, 5.74) is 1.18. The molecule has 1 atom stereocenters. The fraction of sp³-hybridized carbons (Fsp3) is 0.316. The highest BCUT2D eigenvalue weighted by molar-refractivity contribution is 6.30. The summed E-state index contributed by atoms with van der Waals surface area (Å²) in [6, 6.07) is 13.0. The predicted octanol–water partition coefficient (Wildman–Crippen LogP) is 3.46. The van der Waals surface area contributed by atoms with Gasteiger partial charge in [0.2, 0.25) is 6.79 Å². The lowest BCUT2D eigenvalue weighted by Gasteiger charge is -2.17. The van der Waals surface area contributed by atoms with E-state index in [1.54, 1.807) is 24.3 Å². The Labute approximate surface area is 151 Å². The van der Waals surface area contributed by atoms with Gasteiger partial charge in [-0.2, -0.15) is 0 Å². The normalized spacial score (nSPS) is 18.4. The largest absolute Gasteiger partial charge is 0.484 e. The van der Waals surface area contributed by atoms with Crippen LogP contribution in [0.5, 0.6) is 17.2 Å². The summed E-state index contributed by atoms with van der Waals surface area (Å²) in [6.07, 6.45) is 0.937. The first-order valence-electron chi connectivity index (χ1n) is 8.25. The molecule has 1 amide bonds. The first-order chi connectivity index (χ1) is 12.2. The minimum absolute atomic E-state index is 0.00167. The van der Waals surface area contributed by atoms with E-state index in [1.807, 2.05) is 17.0 Å². The van der Waals surface area contributed by atoms with Gasteiger partial charge in [-0.05, 0) is 48.4 Å². The van der Waals surface area contributed by atoms with Crippen molar-refractivity contribution in [2.75, 3.05) is 26.5 Å². The molecule has 0 radical (unpaired) electrons. The van der Waals surface area contributed by atoms with Gasteiger partial charge in [0.05, 0.1) is 0 Å². The molecule has 1 saturated heterocycles. The minimum Gasteiger partial charge on any atom is -0.484 e. The lowest BCUT2D eigenvalue weighted by Crippen LogP contribution is -2.32. The number of benzene rings is 2. The van der Waals surface area contributed by atoms with E-state index in [9.17, 15) is 4.79 Å². The molecular weight excluding hydrogens is 342 g/mol. The van der Waals surface area contributed by atoms with Crippen molar-refractivity contribution in [3.8, 4) is 17.2 Å². The topological polar surface area (TPSA) is 48.0 Å². The SMILES string of the molecule is O=C(COc1ccc(Cl)cc1)N1CCC(c2ccc3c(c2)OCO3)C1. The summed E-state index contributed by atoms with van der Waals surface area (Å²) in [4.78, 5) is 14.2. The predicted molar refractivity (Wildman–Crippen MR) is 93.5 cm³/mol. The van der Waals surface area contributed by atoms with Crippen molar-refractivity contribution in [3.05, 3.63) is 53.1 Å². The molecule has 0 saturated carbocycles. The van der Waals surface area contributed by atoms with Gasteiger partial charge in [0.15, 0.2) is 18.1 Å². The number of nitrogens with zero attached hydrogens (tertiary/aromatic N) is 1. The highest BCUT2D eigenvalue weighted by atomic mass is 35.5. The number of halogens is 1. The second-order valence-electron chi connectivity index (χ2n) is 6.18. The lowest BCUT2D eigenvalue weighted by molar-refractivity contribution is -0.132. The maximum Gasteiger partial charge on any atom is 0.260 e. The summed E-state index contributed by atoms with van der Waals surface area (Å²) in [5.74, 6) is 2.52. The second kappa shape index (κ2) is 6.84. The van der Waals surface area contributed by atoms with Gasteiger partial charge in [-0.25, -0.2) is 0 Å². The van der Waals surface area contributed by atoms with E-state index in [4.69, 9.17) is 25.8 Å². The first kappa shape index (κ1) is 16.1. The van der Waals surface area contributed by atoms with Crippen molar-refractivity contribution in [1.82, 2.24) is 4.90 Å². The minimum atomic E-state index is -0.00167. The van der Waals surface area contributed by atoms with Gasteiger partial charge in [0.25, 0.3) is 5.91 Å². The number of hydrogen-bond acceptors (Lipinski definition) is 4. The number of rotatable bonds is 4. The number of hydrogen-bond donors (Lipinski definition) is 0. The van der Waals surface area contributed by atoms with Crippen molar-refractivity contribution in [1.29, 1.82) is 0 Å². The van der Waals surface area contributed by atoms with Crippen molar-refractivity contribution < 1.29 is 19.0 Å². The van der Waals surface area contributed by atoms with E-state index in [0.29, 0.717) is 23.2 Å². The monoisotopic (exact) mass is 359 g/mol. The first-order valence-corrected chi connectivity index (χ1v) is 8.62. The van der Waals surface area contributed by atoms with Crippen LogP contribution in [0.3, 0.4) is 0 Å². The zero-order valence-corrected chi connectivity index (χ0v) is 14.4. The fourth-order valence-electron chi connectivity index (χ4n) is 3.19. The zero-order chi connectivity index (χ0) is 17.2. The Bertz CT molecular complexity index is 777. The van der Waals surface area contributed by atoms with Gasteiger partial charge < -0.3 is 19.1 Å². The molecule has 0 spiro atoms. The number of fused-ring (bicyclic) bond motifs is 1. The molecule has 2 aromatic rings. The molecule has 2 aromatic carbocycles. The molecule has 2 aliphatic rings. The smallest absolute Gasteiger partial charge is 0.260 e. The average molecular weight is 360 g/mol. The van der Waals surface area contributed by atoms with Gasteiger partial charge in [0, 0.05) is 24.0 Å². The van der Waals surface area contributed by atoms with Gasteiger partial charge in [-0.1, -0.05) is 17.7 Å². The third-order valence-electron chi connectivity index (χ3n) is 4.58. The Balaban J connectivity index is 1.34. The molecule has 0 bridgehead atoms. The van der Waals surface area contributed by atoms with Crippen LogP contribution in [-0.4, -0.2) is 37.3 Å². The maximum absolute atomic E-state index is 12.4. The molecule has 6 heteroatoms. The Morgan fingerprint density at radius 2 is 1.96 bits per heavy atom. The zero-order valence-electron chi connectivity index (χ0n) is 13.6. The third-order valence-corrected chi connectivity index (χ3v) is 4.84. The maximum atomic E-state index is 12.4. The van der Waals surface area contributed by atoms with Crippen LogP contribution in [0.25, 0.3) is 0 Å². The molecule has 5 nitrogen and oxygen atoms in total. The Morgan fingerprint density at radius 3 is 2.80 bits per heavy atom. The van der Waals surface area contributed by atoms with E-state index in [2.05, 4.69) is 6.07 Å². The van der Waals surface area contributed by atoms with Crippen LogP contribution in [0.1, 0.15) is 17.9 Å². The van der Waals surface area contributed by atoms with Gasteiger partial charge in [-0.3, -0.25) is 4.79 Å². The quantitative estimate of drug-likeness (QED) is 0.838. The molecule has 0 aliphatic carbocycles. The lowest BCUT2D eigenvalue weighted by atomic mass is 9.98. The number of likely N-dealkylation sites (tertiary alicyclic amines) is 1. The fourth-order valence-corrected chi connectivity index (χ4v) is 3.32. The van der Waals surface area contributed by atoms with Crippen LogP contribution in [0.4, 0.5) is 0 Å². The number of ether oxygens (including phenoxy) is 3. The molecular formula is C19H18ClNO4. The molecule has 130 valence electrons. The van der Waals surface area contributed by atoms with Crippen LogP contribution >= 0.6 is 11.6 Å². The average Bonchev–Trinajstić information content (AvgIpc) is 3.29. The Morgan fingerprint density at radius 1 is 1.16 bits per heavy atom. The summed E-state index contributed by atoms with van der Waals surface area (Å²) in [6.45, 7) is 1.75. The van der Waals surface area contributed by atoms with Crippen molar-refractivity contribution in [2.24, 2.45) is 0 Å². The number of carbonyl (C=O) groups is 1. The van der Waals surface area contributed by atoms with Crippen LogP contribution in [0.2, 0.25) is 5.02 Å². The molecule has 1 fully saturated rings. The molecule has 4 rings (SSSR count). The van der Waals surface area contributed by atoms with E-state index < -0.39 is 0 Å². The van der Waals surface area contributed by atoms with E-state index >= 15 is 0 Å². The standard InChI is InChI=1S/C19H18ClNO4/c20-15-2-4-16(5-3-15)23-11-19(22)21-8-7-14(10-21)13-1-6-17-18(9-13)25-12-24-17/h1-6,9,14H,7-8,10-12H2. The van der Waals surface area contributed by atoms with E-state index in [-0.39, 0.29) is 19.3 Å². The second-order valence-corrected chi connectivity index (χ2v) is 6.62. The number of carbonyl (C=O) groups excluding carboxylic acids is 1. The summed E-state index contributed by atoms with van der Waals surface area (Å²) in [7, 11) is 0. The number of amides is 1. The van der Waals surface area contributed by atoms with Crippen LogP contribution in [0, 0.1) is 0 Å². The molecule has 0 aromatic heterocycles. The highest BCUT2D eigenvalue weighted by Crippen LogP contribution is 2.37. The van der Waals surface area contributed by atoms with Crippen molar-refractivity contribution in [3.63, 3.8) is 0 Å². The molecule has 2 heterocycles. The third kappa shape index (κ3) is 3.51. The molecule has 1 unspecified atom stereocenters. The van der Waals surface area contributed by atoms with E-state index in [0.717, 1.165) is 24.5 Å². The van der Waals surface area contributed by atoms with Crippen molar-refractivity contribution >= 4 is 17.5 Å². The van der Waals surface area contributed by atoms with Crippen LogP contribution in [0.15, 0.2) is 42.5 Å². The van der Waals surface area contributed by atoms with Crippen LogP contribution in [-0.2, 0) is 4.79 Å².